The SMILES string of the molecule is O=C(Cc1ccc2cccnc2c1)NC1CC1. The van der Waals surface area contributed by atoms with Crippen molar-refractivity contribution in [3.63, 3.8) is 0 Å². The Morgan fingerprint density at radius 2 is 2.24 bits per heavy atom. The van der Waals surface area contributed by atoms with Gasteiger partial charge in [0.05, 0.1) is 11.9 Å². The molecule has 1 saturated carbocycles. The van der Waals surface area contributed by atoms with Gasteiger partial charge in [-0.05, 0) is 30.5 Å². The van der Waals surface area contributed by atoms with Crippen molar-refractivity contribution >= 4 is 16.8 Å². The molecule has 0 bridgehead atoms. The first-order valence-corrected chi connectivity index (χ1v) is 5.94. The number of carbonyl (C=O) groups excluding carboxylic acids is 1. The van der Waals surface area contributed by atoms with Gasteiger partial charge in [-0.3, -0.25) is 9.78 Å². The van der Waals surface area contributed by atoms with Crippen molar-refractivity contribution < 1.29 is 4.79 Å². The Hall–Kier alpha value is -1.90. The van der Waals surface area contributed by atoms with Crippen molar-refractivity contribution in [2.45, 2.75) is 25.3 Å². The highest BCUT2D eigenvalue weighted by Crippen LogP contribution is 2.19. The average molecular weight is 226 g/mol. The molecular formula is C14H14N2O. The van der Waals surface area contributed by atoms with Gasteiger partial charge in [0.15, 0.2) is 0 Å². The smallest absolute Gasteiger partial charge is 0.224 e. The summed E-state index contributed by atoms with van der Waals surface area (Å²) in [4.78, 5) is 16.0. The average Bonchev–Trinajstić information content (AvgIpc) is 3.12. The second-order valence-electron chi connectivity index (χ2n) is 4.55. The molecular weight excluding hydrogens is 212 g/mol. The lowest BCUT2D eigenvalue weighted by molar-refractivity contribution is -0.120. The van der Waals surface area contributed by atoms with Crippen LogP contribution < -0.4 is 5.32 Å². The number of pyridine rings is 1. The van der Waals surface area contributed by atoms with E-state index in [1.54, 1.807) is 6.20 Å². The quantitative estimate of drug-likeness (QED) is 0.870. The number of hydrogen-bond donors (Lipinski definition) is 1. The van der Waals surface area contributed by atoms with Gasteiger partial charge < -0.3 is 5.32 Å². The van der Waals surface area contributed by atoms with Gasteiger partial charge in [-0.15, -0.1) is 0 Å². The second kappa shape index (κ2) is 4.17. The van der Waals surface area contributed by atoms with Crippen LogP contribution in [0.25, 0.3) is 10.9 Å². The molecule has 0 atom stereocenters. The zero-order valence-corrected chi connectivity index (χ0v) is 9.52. The van der Waals surface area contributed by atoms with Gasteiger partial charge in [-0.2, -0.15) is 0 Å². The maximum atomic E-state index is 11.7. The first-order valence-electron chi connectivity index (χ1n) is 5.94. The van der Waals surface area contributed by atoms with Crippen molar-refractivity contribution in [3.05, 3.63) is 42.1 Å². The van der Waals surface area contributed by atoms with Gasteiger partial charge in [0.1, 0.15) is 0 Å². The van der Waals surface area contributed by atoms with Crippen LogP contribution in [0.1, 0.15) is 18.4 Å². The molecule has 1 aliphatic carbocycles. The summed E-state index contributed by atoms with van der Waals surface area (Å²) in [6.07, 6.45) is 4.48. The van der Waals surface area contributed by atoms with E-state index in [2.05, 4.69) is 10.3 Å². The Labute approximate surface area is 99.9 Å². The summed E-state index contributed by atoms with van der Waals surface area (Å²) < 4.78 is 0. The van der Waals surface area contributed by atoms with E-state index in [1.165, 1.54) is 0 Å². The van der Waals surface area contributed by atoms with Gasteiger partial charge in [0, 0.05) is 17.6 Å². The molecule has 1 amide bonds. The van der Waals surface area contributed by atoms with Crippen LogP contribution in [0.15, 0.2) is 36.5 Å². The van der Waals surface area contributed by atoms with Crippen LogP contribution in [-0.4, -0.2) is 16.9 Å². The van der Waals surface area contributed by atoms with Gasteiger partial charge in [0.25, 0.3) is 0 Å². The number of rotatable bonds is 3. The summed E-state index contributed by atoms with van der Waals surface area (Å²) in [6.45, 7) is 0. The maximum Gasteiger partial charge on any atom is 0.224 e. The Kier molecular flexibility index (Phi) is 2.52. The van der Waals surface area contributed by atoms with Crippen molar-refractivity contribution in [1.82, 2.24) is 10.3 Å². The molecule has 3 nitrogen and oxygen atoms in total. The highest BCUT2D eigenvalue weighted by Gasteiger charge is 2.22. The summed E-state index contributed by atoms with van der Waals surface area (Å²) in [5, 5.41) is 4.10. The van der Waals surface area contributed by atoms with E-state index in [9.17, 15) is 4.79 Å². The van der Waals surface area contributed by atoms with Crippen molar-refractivity contribution in [2.75, 3.05) is 0 Å². The van der Waals surface area contributed by atoms with Crippen LogP contribution in [0, 0.1) is 0 Å². The molecule has 1 aromatic carbocycles. The second-order valence-corrected chi connectivity index (χ2v) is 4.55. The maximum absolute atomic E-state index is 11.7. The largest absolute Gasteiger partial charge is 0.353 e. The summed E-state index contributed by atoms with van der Waals surface area (Å²) in [7, 11) is 0. The Morgan fingerprint density at radius 3 is 3.06 bits per heavy atom. The summed E-state index contributed by atoms with van der Waals surface area (Å²) >= 11 is 0. The molecule has 0 unspecified atom stereocenters. The Balaban J connectivity index is 1.77. The first kappa shape index (κ1) is 10.3. The van der Waals surface area contributed by atoms with Crippen LogP contribution in [0.2, 0.25) is 0 Å². The van der Waals surface area contributed by atoms with E-state index >= 15 is 0 Å². The first-order chi connectivity index (χ1) is 8.31. The van der Waals surface area contributed by atoms with E-state index in [4.69, 9.17) is 0 Å². The summed E-state index contributed by atoms with van der Waals surface area (Å²) in [6, 6.07) is 10.4. The van der Waals surface area contributed by atoms with Gasteiger partial charge in [-0.1, -0.05) is 18.2 Å². The number of hydrogen-bond acceptors (Lipinski definition) is 2. The minimum Gasteiger partial charge on any atom is -0.353 e. The molecule has 3 heteroatoms. The van der Waals surface area contributed by atoms with Crippen LogP contribution >= 0.6 is 0 Å². The lowest BCUT2D eigenvalue weighted by Gasteiger charge is -2.04. The van der Waals surface area contributed by atoms with Gasteiger partial charge >= 0.3 is 0 Å². The van der Waals surface area contributed by atoms with Gasteiger partial charge in [-0.25, -0.2) is 0 Å². The molecule has 1 aromatic heterocycles. The van der Waals surface area contributed by atoms with Crippen LogP contribution in [0.4, 0.5) is 0 Å². The third-order valence-corrected chi connectivity index (χ3v) is 2.98. The molecule has 1 fully saturated rings. The number of nitrogens with one attached hydrogen (secondary N) is 1. The molecule has 1 aliphatic rings. The predicted molar refractivity (Wildman–Crippen MR) is 66.6 cm³/mol. The number of amides is 1. The van der Waals surface area contributed by atoms with E-state index in [1.807, 2.05) is 30.3 Å². The number of nitrogens with zero attached hydrogens (tertiary/aromatic N) is 1. The van der Waals surface area contributed by atoms with E-state index in [0.29, 0.717) is 12.5 Å². The zero-order chi connectivity index (χ0) is 11.7. The predicted octanol–water partition coefficient (Wildman–Crippen LogP) is 2.06. The molecule has 0 radical (unpaired) electrons. The van der Waals surface area contributed by atoms with E-state index in [-0.39, 0.29) is 5.91 Å². The minimum absolute atomic E-state index is 0.114. The third-order valence-electron chi connectivity index (χ3n) is 2.98. The monoisotopic (exact) mass is 226 g/mol. The molecule has 0 saturated heterocycles. The lowest BCUT2D eigenvalue weighted by Crippen LogP contribution is -2.26. The highest BCUT2D eigenvalue weighted by molar-refractivity contribution is 5.83. The topological polar surface area (TPSA) is 42.0 Å². The van der Waals surface area contributed by atoms with Crippen molar-refractivity contribution in [2.24, 2.45) is 0 Å². The number of benzene rings is 1. The normalized spacial score (nSPS) is 14.8. The highest BCUT2D eigenvalue weighted by atomic mass is 16.1. The summed E-state index contributed by atoms with van der Waals surface area (Å²) in [5.74, 6) is 0.114. The lowest BCUT2D eigenvalue weighted by atomic mass is 10.1. The minimum atomic E-state index is 0.114. The zero-order valence-electron chi connectivity index (χ0n) is 9.52. The van der Waals surface area contributed by atoms with Crippen LogP contribution in [-0.2, 0) is 11.2 Å². The number of fused-ring (bicyclic) bond motifs is 1. The molecule has 17 heavy (non-hydrogen) atoms. The molecule has 0 aliphatic heterocycles. The molecule has 1 N–H and O–H groups in total. The number of aromatic nitrogens is 1. The van der Waals surface area contributed by atoms with Crippen LogP contribution in [0.5, 0.6) is 0 Å². The molecule has 3 rings (SSSR count). The van der Waals surface area contributed by atoms with E-state index in [0.717, 1.165) is 29.3 Å². The van der Waals surface area contributed by atoms with Crippen molar-refractivity contribution in [1.29, 1.82) is 0 Å². The standard InChI is InChI=1S/C14H14N2O/c17-14(16-12-5-6-12)9-10-3-4-11-2-1-7-15-13(11)8-10/h1-4,7-8,12H,5-6,9H2,(H,16,17). The summed E-state index contributed by atoms with van der Waals surface area (Å²) in [5.41, 5.74) is 1.97. The van der Waals surface area contributed by atoms with Crippen LogP contribution in [0.3, 0.4) is 0 Å². The Bertz CT molecular complexity index is 561. The third kappa shape index (κ3) is 2.44. The molecule has 86 valence electrons. The molecule has 2 aromatic rings. The fraction of sp³-hybridized carbons (Fsp3) is 0.286. The number of carbonyl (C=O) groups is 1. The van der Waals surface area contributed by atoms with E-state index < -0.39 is 0 Å². The fourth-order valence-electron chi connectivity index (χ4n) is 1.91. The fourth-order valence-corrected chi connectivity index (χ4v) is 1.91. The Morgan fingerprint density at radius 1 is 1.35 bits per heavy atom. The van der Waals surface area contributed by atoms with Gasteiger partial charge in [0.2, 0.25) is 5.91 Å². The van der Waals surface area contributed by atoms with Crippen molar-refractivity contribution in [3.8, 4) is 0 Å². The molecule has 1 heterocycles. The molecule has 0 spiro atoms.